The zero-order valence-electron chi connectivity index (χ0n) is 11.0. The first-order chi connectivity index (χ1) is 9.08. The molecule has 2 rings (SSSR count). The fraction of sp³-hybridized carbons (Fsp3) is 0.286. The van der Waals surface area contributed by atoms with Crippen LogP contribution in [0.4, 0.5) is 0 Å². The molecule has 5 nitrogen and oxygen atoms in total. The van der Waals surface area contributed by atoms with E-state index in [2.05, 4.69) is 4.98 Å². The van der Waals surface area contributed by atoms with Gasteiger partial charge in [0.15, 0.2) is 0 Å². The van der Waals surface area contributed by atoms with Crippen molar-refractivity contribution in [1.82, 2.24) is 9.55 Å². The summed E-state index contributed by atoms with van der Waals surface area (Å²) in [4.78, 5) is 15.2. The summed E-state index contributed by atoms with van der Waals surface area (Å²) in [5.74, 6) is 0.333. The van der Waals surface area contributed by atoms with Gasteiger partial charge >= 0.3 is 5.97 Å². The van der Waals surface area contributed by atoms with Crippen LogP contribution in [0, 0.1) is 13.8 Å². The highest BCUT2D eigenvalue weighted by molar-refractivity contribution is 5.91. The predicted molar refractivity (Wildman–Crippen MR) is 70.6 cm³/mol. The van der Waals surface area contributed by atoms with E-state index in [9.17, 15) is 4.79 Å². The number of hydrogen-bond acceptors (Lipinski definition) is 3. The summed E-state index contributed by atoms with van der Waals surface area (Å²) in [5.41, 5.74) is 1.09. The van der Waals surface area contributed by atoms with Crippen LogP contribution in [0.15, 0.2) is 30.6 Å². The van der Waals surface area contributed by atoms with Gasteiger partial charge in [0.25, 0.3) is 0 Å². The molecule has 1 N–H and O–H groups in total. The first-order valence-electron chi connectivity index (χ1n) is 6.02. The van der Waals surface area contributed by atoms with E-state index in [1.165, 1.54) is 0 Å². The lowest BCUT2D eigenvalue weighted by atomic mass is 10.1. The number of carbonyl (C=O) groups is 1. The van der Waals surface area contributed by atoms with Gasteiger partial charge in [-0.05, 0) is 26.0 Å². The molecule has 0 amide bonds. The highest BCUT2D eigenvalue weighted by atomic mass is 16.5. The number of carboxylic acids is 1. The lowest BCUT2D eigenvalue weighted by molar-refractivity contribution is 0.0692. The smallest absolute Gasteiger partial charge is 0.339 e. The number of benzene rings is 1. The Balaban J connectivity index is 2.03. The van der Waals surface area contributed by atoms with Gasteiger partial charge in [0.2, 0.25) is 0 Å². The maximum absolute atomic E-state index is 11.1. The molecule has 0 aliphatic heterocycles. The van der Waals surface area contributed by atoms with Crippen LogP contribution in [0.2, 0.25) is 0 Å². The highest BCUT2D eigenvalue weighted by Gasteiger charge is 2.11. The number of aromatic carboxylic acids is 1. The van der Waals surface area contributed by atoms with E-state index in [0.29, 0.717) is 18.9 Å². The van der Waals surface area contributed by atoms with Crippen molar-refractivity contribution >= 4 is 5.97 Å². The molecular formula is C14H16N2O3. The summed E-state index contributed by atoms with van der Waals surface area (Å²) in [6.45, 7) is 4.80. The highest BCUT2D eigenvalue weighted by Crippen LogP contribution is 2.20. The number of carboxylic acid groups (broad SMARTS) is 1. The number of aryl methyl sites for hydroxylation is 2. The van der Waals surface area contributed by atoms with E-state index >= 15 is 0 Å². The van der Waals surface area contributed by atoms with Crippen molar-refractivity contribution in [2.45, 2.75) is 20.4 Å². The minimum atomic E-state index is -0.975. The van der Waals surface area contributed by atoms with Crippen LogP contribution in [0.25, 0.3) is 0 Å². The molecule has 1 aromatic heterocycles. The number of aromatic nitrogens is 2. The van der Waals surface area contributed by atoms with Gasteiger partial charge in [0.1, 0.15) is 23.7 Å². The molecule has 0 fully saturated rings. The van der Waals surface area contributed by atoms with Gasteiger partial charge in [0, 0.05) is 12.4 Å². The summed E-state index contributed by atoms with van der Waals surface area (Å²) in [6, 6.07) is 5.14. The second-order valence-corrected chi connectivity index (χ2v) is 4.32. The minimum Gasteiger partial charge on any atom is -0.491 e. The number of rotatable bonds is 5. The molecule has 0 unspecified atom stereocenters. The predicted octanol–water partition coefficient (Wildman–Crippen LogP) is 2.28. The van der Waals surface area contributed by atoms with Crippen LogP contribution in [-0.4, -0.2) is 27.2 Å². The topological polar surface area (TPSA) is 64.4 Å². The monoisotopic (exact) mass is 260 g/mol. The molecule has 0 saturated carbocycles. The van der Waals surface area contributed by atoms with Crippen LogP contribution < -0.4 is 4.74 Å². The summed E-state index contributed by atoms with van der Waals surface area (Å²) >= 11 is 0. The van der Waals surface area contributed by atoms with E-state index in [1.54, 1.807) is 18.3 Å². The third kappa shape index (κ3) is 3.13. The van der Waals surface area contributed by atoms with Crippen LogP contribution in [-0.2, 0) is 6.54 Å². The summed E-state index contributed by atoms with van der Waals surface area (Å²) in [6.07, 6.45) is 3.59. The zero-order valence-corrected chi connectivity index (χ0v) is 11.0. The van der Waals surface area contributed by atoms with Gasteiger partial charge in [-0.2, -0.15) is 0 Å². The van der Waals surface area contributed by atoms with E-state index < -0.39 is 5.97 Å². The molecule has 0 saturated heterocycles. The van der Waals surface area contributed by atoms with Gasteiger partial charge in [-0.25, -0.2) is 9.78 Å². The molecule has 0 spiro atoms. The Morgan fingerprint density at radius 1 is 1.42 bits per heavy atom. The van der Waals surface area contributed by atoms with Gasteiger partial charge in [-0.3, -0.25) is 0 Å². The molecule has 1 heterocycles. The lowest BCUT2D eigenvalue weighted by Gasteiger charge is -2.11. The van der Waals surface area contributed by atoms with Crippen LogP contribution in [0.5, 0.6) is 5.75 Å². The van der Waals surface area contributed by atoms with E-state index in [4.69, 9.17) is 9.84 Å². The van der Waals surface area contributed by atoms with Gasteiger partial charge in [-0.1, -0.05) is 11.6 Å². The molecule has 0 aliphatic rings. The fourth-order valence-corrected chi connectivity index (χ4v) is 1.83. The Hall–Kier alpha value is -2.30. The average Bonchev–Trinajstić information content (AvgIpc) is 2.77. The Kier molecular flexibility index (Phi) is 3.85. The number of hydrogen-bond donors (Lipinski definition) is 1. The maximum Gasteiger partial charge on any atom is 0.339 e. The Morgan fingerprint density at radius 2 is 2.21 bits per heavy atom. The molecule has 0 aliphatic carbocycles. The van der Waals surface area contributed by atoms with Crippen LogP contribution in [0.3, 0.4) is 0 Å². The van der Waals surface area contributed by atoms with Gasteiger partial charge < -0.3 is 14.4 Å². The zero-order chi connectivity index (χ0) is 13.8. The third-order valence-corrected chi connectivity index (χ3v) is 2.88. The molecule has 19 heavy (non-hydrogen) atoms. The molecule has 1 aromatic carbocycles. The van der Waals surface area contributed by atoms with Crippen molar-refractivity contribution in [3.63, 3.8) is 0 Å². The normalized spacial score (nSPS) is 10.4. The third-order valence-electron chi connectivity index (χ3n) is 2.88. The second-order valence-electron chi connectivity index (χ2n) is 4.32. The molecule has 5 heteroatoms. The van der Waals surface area contributed by atoms with E-state index in [0.717, 1.165) is 11.4 Å². The molecular weight excluding hydrogens is 244 g/mol. The van der Waals surface area contributed by atoms with Crippen molar-refractivity contribution in [3.8, 4) is 5.75 Å². The van der Waals surface area contributed by atoms with E-state index in [1.807, 2.05) is 30.7 Å². The SMILES string of the molecule is Cc1ccc(OCCn2ccnc2C)c(C(=O)O)c1. The summed E-state index contributed by atoms with van der Waals surface area (Å²) < 4.78 is 7.51. The van der Waals surface area contributed by atoms with Crippen molar-refractivity contribution in [2.75, 3.05) is 6.61 Å². The number of nitrogens with zero attached hydrogens (tertiary/aromatic N) is 2. The summed E-state index contributed by atoms with van der Waals surface area (Å²) in [7, 11) is 0. The average molecular weight is 260 g/mol. The molecule has 0 radical (unpaired) electrons. The van der Waals surface area contributed by atoms with E-state index in [-0.39, 0.29) is 5.56 Å². The second kappa shape index (κ2) is 5.56. The first kappa shape index (κ1) is 13.1. The standard InChI is InChI=1S/C14H16N2O3/c1-10-3-4-13(12(9-10)14(17)18)19-8-7-16-6-5-15-11(16)2/h3-6,9H,7-8H2,1-2H3,(H,17,18). The van der Waals surface area contributed by atoms with Crippen LogP contribution in [0.1, 0.15) is 21.7 Å². The molecule has 100 valence electrons. The quantitative estimate of drug-likeness (QED) is 0.895. The Labute approximate surface area is 111 Å². The summed E-state index contributed by atoms with van der Waals surface area (Å²) in [5, 5.41) is 9.12. The molecule has 0 bridgehead atoms. The van der Waals surface area contributed by atoms with Gasteiger partial charge in [0.05, 0.1) is 6.54 Å². The minimum absolute atomic E-state index is 0.197. The fourth-order valence-electron chi connectivity index (χ4n) is 1.83. The number of ether oxygens (including phenoxy) is 1. The lowest BCUT2D eigenvalue weighted by Crippen LogP contribution is -2.11. The Bertz CT molecular complexity index is 590. The number of imidazole rings is 1. The maximum atomic E-state index is 11.1. The molecule has 2 aromatic rings. The van der Waals surface area contributed by atoms with Crippen LogP contribution >= 0.6 is 0 Å². The van der Waals surface area contributed by atoms with Crippen molar-refractivity contribution in [2.24, 2.45) is 0 Å². The van der Waals surface area contributed by atoms with Crippen molar-refractivity contribution < 1.29 is 14.6 Å². The molecule has 0 atom stereocenters. The largest absolute Gasteiger partial charge is 0.491 e. The van der Waals surface area contributed by atoms with Gasteiger partial charge in [-0.15, -0.1) is 0 Å². The van der Waals surface area contributed by atoms with Crippen molar-refractivity contribution in [1.29, 1.82) is 0 Å². The van der Waals surface area contributed by atoms with Crippen molar-refractivity contribution in [3.05, 3.63) is 47.5 Å². The first-order valence-corrected chi connectivity index (χ1v) is 6.02. The Morgan fingerprint density at radius 3 is 2.84 bits per heavy atom.